The summed E-state index contributed by atoms with van der Waals surface area (Å²) in [5.41, 5.74) is 5.92. The van der Waals surface area contributed by atoms with Crippen LogP contribution in [0.4, 0.5) is 0 Å². The number of rotatable bonds is 3. The molecule has 0 aliphatic heterocycles. The highest BCUT2D eigenvalue weighted by Gasteiger charge is 2.13. The van der Waals surface area contributed by atoms with Gasteiger partial charge in [-0.2, -0.15) is 0 Å². The van der Waals surface area contributed by atoms with Crippen LogP contribution in [0.2, 0.25) is 0 Å². The fraction of sp³-hybridized carbons (Fsp3) is 0.200. The standard InChI is InChI=1S/C20H21N.ClH/c1-21(2)15-7-12-20-18-10-5-3-8-16(18)13-14-17-9-4-6-11-19(17)20;/h3-6,8-14H,7,15H2,1-2H3;1H/i1+1D3;. The molecule has 3 rings (SSSR count). The summed E-state index contributed by atoms with van der Waals surface area (Å²) < 4.78 is 22.4. The van der Waals surface area contributed by atoms with E-state index in [0.717, 1.165) is 0 Å². The Bertz CT molecular complexity index is 742. The van der Waals surface area contributed by atoms with Crippen LogP contribution in [0.3, 0.4) is 0 Å². The average molecular weight is 316 g/mol. The number of hydrogen-bond acceptors (Lipinski definition) is 1. The van der Waals surface area contributed by atoms with Crippen molar-refractivity contribution >= 4 is 30.1 Å². The molecular formula is C20H22ClN. The van der Waals surface area contributed by atoms with Gasteiger partial charge >= 0.3 is 0 Å². The van der Waals surface area contributed by atoms with Gasteiger partial charge in [-0.3, -0.25) is 0 Å². The van der Waals surface area contributed by atoms with Gasteiger partial charge in [0.05, 0.1) is 0 Å². The average Bonchev–Trinajstić information content (AvgIpc) is 2.72. The molecule has 0 aromatic heterocycles. The highest BCUT2D eigenvalue weighted by molar-refractivity contribution is 5.93. The van der Waals surface area contributed by atoms with Crippen molar-refractivity contribution in [3.05, 3.63) is 76.9 Å². The summed E-state index contributed by atoms with van der Waals surface area (Å²) in [5.74, 6) is 0. The number of nitrogens with zero attached hydrogens (tertiary/aromatic N) is 1. The Hall–Kier alpha value is -1.83. The fourth-order valence-corrected chi connectivity index (χ4v) is 2.72. The first-order chi connectivity index (χ1) is 11.5. The van der Waals surface area contributed by atoms with E-state index in [-0.39, 0.29) is 12.4 Å². The minimum Gasteiger partial charge on any atom is -0.309 e. The summed E-state index contributed by atoms with van der Waals surface area (Å²) in [6.45, 7) is -1.54. The summed E-state index contributed by atoms with van der Waals surface area (Å²) in [4.78, 5) is 1.41. The lowest BCUT2D eigenvalue weighted by Gasteiger charge is -2.13. The van der Waals surface area contributed by atoms with Gasteiger partial charge in [-0.15, -0.1) is 12.4 Å². The maximum atomic E-state index is 7.46. The molecule has 1 aliphatic rings. The minimum atomic E-state index is -2.04. The topological polar surface area (TPSA) is 3.24 Å². The number of halogens is 1. The molecule has 0 amide bonds. The van der Waals surface area contributed by atoms with E-state index in [1.807, 2.05) is 24.3 Å². The van der Waals surface area contributed by atoms with Gasteiger partial charge in [0.1, 0.15) is 0 Å². The molecule has 2 aromatic carbocycles. The van der Waals surface area contributed by atoms with Crippen LogP contribution in [0.1, 0.15) is 32.8 Å². The normalized spacial score (nSPS) is 14.8. The fourth-order valence-electron chi connectivity index (χ4n) is 2.72. The molecule has 2 aromatic rings. The van der Waals surface area contributed by atoms with Crippen LogP contribution < -0.4 is 0 Å². The third-order valence-electron chi connectivity index (χ3n) is 3.76. The van der Waals surface area contributed by atoms with Crippen LogP contribution >= 0.6 is 12.4 Å². The lowest BCUT2D eigenvalue weighted by atomic mass is 9.93. The van der Waals surface area contributed by atoms with Gasteiger partial charge in [0.25, 0.3) is 0 Å². The van der Waals surface area contributed by atoms with E-state index in [9.17, 15) is 0 Å². The Balaban J connectivity index is 0.00000225. The van der Waals surface area contributed by atoms with Gasteiger partial charge in [0.2, 0.25) is 0 Å². The molecule has 0 heterocycles. The Morgan fingerprint density at radius 2 is 1.50 bits per heavy atom. The Labute approximate surface area is 143 Å². The van der Waals surface area contributed by atoms with Crippen molar-refractivity contribution < 1.29 is 4.11 Å². The molecule has 2 heteroatoms. The molecule has 0 N–H and O–H groups in total. The highest BCUT2D eigenvalue weighted by atomic mass is 35.5. The quantitative estimate of drug-likeness (QED) is 0.616. The van der Waals surface area contributed by atoms with Crippen LogP contribution in [0.5, 0.6) is 0 Å². The van der Waals surface area contributed by atoms with Crippen LogP contribution in [0.25, 0.3) is 17.7 Å². The first kappa shape index (κ1) is 12.7. The van der Waals surface area contributed by atoms with E-state index >= 15 is 0 Å². The van der Waals surface area contributed by atoms with Crippen molar-refractivity contribution in [1.29, 1.82) is 0 Å². The zero-order valence-electron chi connectivity index (χ0n) is 15.6. The summed E-state index contributed by atoms with van der Waals surface area (Å²) in [6, 6.07) is 16.6. The van der Waals surface area contributed by atoms with E-state index < -0.39 is 6.98 Å². The number of fused-ring (bicyclic) bond motifs is 2. The molecule has 0 saturated heterocycles. The zero-order chi connectivity index (χ0) is 17.2. The van der Waals surface area contributed by atoms with Gasteiger partial charge in [-0.25, -0.2) is 0 Å². The molecular weight excluding hydrogens is 291 g/mol. The molecule has 22 heavy (non-hydrogen) atoms. The van der Waals surface area contributed by atoms with Crippen molar-refractivity contribution in [1.82, 2.24) is 4.90 Å². The smallest absolute Gasteiger partial charge is 0.0394 e. The first-order valence-corrected chi connectivity index (χ1v) is 7.25. The number of benzene rings is 2. The lowest BCUT2D eigenvalue weighted by Crippen LogP contribution is -2.12. The molecule has 0 unspecified atom stereocenters. The molecule has 0 atom stereocenters. The molecule has 1 aliphatic carbocycles. The van der Waals surface area contributed by atoms with Crippen LogP contribution in [-0.2, 0) is 0 Å². The van der Waals surface area contributed by atoms with E-state index in [1.54, 1.807) is 7.05 Å². The second kappa shape index (κ2) is 7.44. The van der Waals surface area contributed by atoms with E-state index in [2.05, 4.69) is 42.5 Å². The zero-order valence-corrected chi connectivity index (χ0v) is 13.4. The van der Waals surface area contributed by atoms with Crippen molar-refractivity contribution in [2.75, 3.05) is 20.6 Å². The Morgan fingerprint density at radius 1 is 0.955 bits per heavy atom. The SMILES string of the molecule is Cl.[2H][13C]([2H])([2H])N(C)CCC=C1c2ccccc2C=Cc2ccccc21. The predicted molar refractivity (Wildman–Crippen MR) is 99.3 cm³/mol. The maximum Gasteiger partial charge on any atom is 0.0394 e. The summed E-state index contributed by atoms with van der Waals surface area (Å²) in [5, 5.41) is 0. The van der Waals surface area contributed by atoms with E-state index in [4.69, 9.17) is 4.11 Å². The van der Waals surface area contributed by atoms with Gasteiger partial charge in [0, 0.05) is 10.7 Å². The third-order valence-corrected chi connectivity index (χ3v) is 3.76. The highest BCUT2D eigenvalue weighted by Crippen LogP contribution is 2.33. The summed E-state index contributed by atoms with van der Waals surface area (Å²) in [7, 11) is 1.64. The van der Waals surface area contributed by atoms with Crippen molar-refractivity contribution in [3.8, 4) is 0 Å². The van der Waals surface area contributed by atoms with Crippen molar-refractivity contribution in [2.24, 2.45) is 0 Å². The van der Waals surface area contributed by atoms with E-state index in [1.165, 1.54) is 32.7 Å². The molecule has 114 valence electrons. The molecule has 1 nitrogen and oxygen atoms in total. The predicted octanol–water partition coefficient (Wildman–Crippen LogP) is 4.98. The van der Waals surface area contributed by atoms with Crippen LogP contribution in [-0.4, -0.2) is 25.5 Å². The van der Waals surface area contributed by atoms with E-state index in [0.29, 0.717) is 13.0 Å². The monoisotopic (exact) mass is 315 g/mol. The second-order valence-electron chi connectivity index (χ2n) is 5.34. The van der Waals surface area contributed by atoms with Gasteiger partial charge < -0.3 is 4.90 Å². The van der Waals surface area contributed by atoms with Gasteiger partial charge in [0.15, 0.2) is 0 Å². The third kappa shape index (κ3) is 3.49. The van der Waals surface area contributed by atoms with Crippen molar-refractivity contribution in [3.63, 3.8) is 0 Å². The molecule has 0 saturated carbocycles. The Morgan fingerprint density at radius 3 is 2.05 bits per heavy atom. The van der Waals surface area contributed by atoms with Crippen LogP contribution in [0.15, 0.2) is 54.6 Å². The largest absolute Gasteiger partial charge is 0.309 e. The molecule has 0 spiro atoms. The molecule has 0 radical (unpaired) electrons. The maximum absolute atomic E-state index is 7.46. The Kier molecular flexibility index (Phi) is 4.29. The van der Waals surface area contributed by atoms with Gasteiger partial charge in [-0.05, 0) is 48.3 Å². The van der Waals surface area contributed by atoms with Crippen molar-refractivity contribution in [2.45, 2.75) is 6.42 Å². The molecule has 0 bridgehead atoms. The summed E-state index contributed by atoms with van der Waals surface area (Å²) >= 11 is 0. The first-order valence-electron chi connectivity index (χ1n) is 8.75. The van der Waals surface area contributed by atoms with Crippen LogP contribution in [0, 0.1) is 0 Å². The molecule has 0 fully saturated rings. The summed E-state index contributed by atoms with van der Waals surface area (Å²) in [6.07, 6.45) is 7.13. The van der Waals surface area contributed by atoms with Gasteiger partial charge in [-0.1, -0.05) is 66.8 Å². The number of hydrogen-bond donors (Lipinski definition) is 0. The lowest BCUT2D eigenvalue weighted by molar-refractivity contribution is 0.417. The second-order valence-corrected chi connectivity index (χ2v) is 5.34. The minimum absolute atomic E-state index is 0.